The highest BCUT2D eigenvalue weighted by molar-refractivity contribution is 5.71. The first kappa shape index (κ1) is 21.6. The minimum Gasteiger partial charge on any atom is -0.508 e. The Kier molecular flexibility index (Phi) is 6.25. The van der Waals surface area contributed by atoms with Crippen LogP contribution in [0.3, 0.4) is 0 Å². The first-order valence-corrected chi connectivity index (χ1v) is 10.9. The second-order valence-corrected chi connectivity index (χ2v) is 8.02. The third-order valence-electron chi connectivity index (χ3n) is 5.91. The van der Waals surface area contributed by atoms with Crippen LogP contribution in [0.1, 0.15) is 18.1 Å². The lowest BCUT2D eigenvalue weighted by molar-refractivity contribution is 0.475. The number of hydrogen-bond donors (Lipinski definition) is 1. The molecule has 0 atom stereocenters. The number of anilines is 4. The molecule has 4 rings (SSSR count). The SMILES string of the molecule is CC=Nc1nc(N2CCN(c3ccc(O)cc3)CC2)nc(N(C)c2ccccc2C)c1C. The standard InChI is InChI=1S/C25H30N6O/c1-5-26-23-19(3)24(29(4)22-9-7-6-8-18(22)2)28-25(27-23)31-16-14-30(15-17-31)20-10-12-21(32)13-11-20/h5-13,32H,14-17H2,1-4H3. The molecule has 32 heavy (non-hydrogen) atoms. The molecule has 0 saturated carbocycles. The number of piperazine rings is 1. The van der Waals surface area contributed by atoms with Crippen LogP contribution >= 0.6 is 0 Å². The molecule has 7 nitrogen and oxygen atoms in total. The topological polar surface area (TPSA) is 68.1 Å². The fourth-order valence-electron chi connectivity index (χ4n) is 4.08. The predicted octanol–water partition coefficient (Wildman–Crippen LogP) is 4.62. The molecule has 3 aromatic rings. The molecule has 0 aliphatic carbocycles. The smallest absolute Gasteiger partial charge is 0.229 e. The van der Waals surface area contributed by atoms with E-state index in [4.69, 9.17) is 9.97 Å². The zero-order valence-corrected chi connectivity index (χ0v) is 19.2. The fourth-order valence-corrected chi connectivity index (χ4v) is 4.08. The number of hydrogen-bond acceptors (Lipinski definition) is 7. The predicted molar refractivity (Wildman–Crippen MR) is 132 cm³/mol. The van der Waals surface area contributed by atoms with Gasteiger partial charge in [-0.25, -0.2) is 4.99 Å². The van der Waals surface area contributed by atoms with E-state index in [9.17, 15) is 5.11 Å². The van der Waals surface area contributed by atoms with E-state index in [1.807, 2.05) is 45.2 Å². The van der Waals surface area contributed by atoms with Crippen LogP contribution in [0.15, 0.2) is 53.5 Å². The molecule has 2 heterocycles. The Balaban J connectivity index is 1.62. The van der Waals surface area contributed by atoms with Crippen molar-refractivity contribution in [3.63, 3.8) is 0 Å². The van der Waals surface area contributed by atoms with Crippen molar-refractivity contribution in [1.29, 1.82) is 0 Å². The van der Waals surface area contributed by atoms with Gasteiger partial charge in [0.15, 0.2) is 5.82 Å². The zero-order chi connectivity index (χ0) is 22.7. The molecular formula is C25H30N6O. The largest absolute Gasteiger partial charge is 0.508 e. The first-order chi connectivity index (χ1) is 15.5. The van der Waals surface area contributed by atoms with E-state index in [0.717, 1.165) is 48.9 Å². The number of phenolic OH excluding ortho intramolecular Hbond substituents is 1. The molecule has 0 unspecified atom stereocenters. The number of benzene rings is 2. The van der Waals surface area contributed by atoms with Crippen molar-refractivity contribution >= 4 is 35.2 Å². The number of phenols is 1. The van der Waals surface area contributed by atoms with Crippen molar-refractivity contribution in [3.05, 3.63) is 59.7 Å². The van der Waals surface area contributed by atoms with Crippen molar-refractivity contribution in [2.75, 3.05) is 47.9 Å². The monoisotopic (exact) mass is 430 g/mol. The highest BCUT2D eigenvalue weighted by Gasteiger charge is 2.23. The molecule has 0 amide bonds. The van der Waals surface area contributed by atoms with Crippen LogP contribution in [0.4, 0.5) is 29.0 Å². The summed E-state index contributed by atoms with van der Waals surface area (Å²) < 4.78 is 0. The molecule has 1 fully saturated rings. The summed E-state index contributed by atoms with van der Waals surface area (Å²) in [6.07, 6.45) is 1.78. The molecule has 0 spiro atoms. The molecule has 0 radical (unpaired) electrons. The Morgan fingerprint density at radius 2 is 1.59 bits per heavy atom. The van der Waals surface area contributed by atoms with Gasteiger partial charge < -0.3 is 19.8 Å². The van der Waals surface area contributed by atoms with Gasteiger partial charge in [-0.1, -0.05) is 18.2 Å². The molecule has 0 bridgehead atoms. The lowest BCUT2D eigenvalue weighted by atomic mass is 10.1. The van der Waals surface area contributed by atoms with Crippen molar-refractivity contribution < 1.29 is 5.11 Å². The third kappa shape index (κ3) is 4.37. The number of aromatic nitrogens is 2. The van der Waals surface area contributed by atoms with Gasteiger partial charge in [-0.05, 0) is 56.7 Å². The zero-order valence-electron chi connectivity index (χ0n) is 19.2. The maximum Gasteiger partial charge on any atom is 0.229 e. The van der Waals surface area contributed by atoms with Gasteiger partial charge in [0.1, 0.15) is 11.6 Å². The first-order valence-electron chi connectivity index (χ1n) is 10.9. The normalized spacial score (nSPS) is 14.2. The number of aliphatic imine (C=N–C) groups is 1. The highest BCUT2D eigenvalue weighted by Crippen LogP contribution is 2.33. The average molecular weight is 431 g/mol. The number of rotatable bonds is 5. The van der Waals surface area contributed by atoms with E-state index in [2.05, 4.69) is 38.7 Å². The van der Waals surface area contributed by atoms with Crippen LogP contribution in [0.2, 0.25) is 0 Å². The van der Waals surface area contributed by atoms with Gasteiger partial charge in [-0.15, -0.1) is 0 Å². The van der Waals surface area contributed by atoms with E-state index >= 15 is 0 Å². The summed E-state index contributed by atoms with van der Waals surface area (Å²) in [6, 6.07) is 15.7. The van der Waals surface area contributed by atoms with Crippen molar-refractivity contribution in [1.82, 2.24) is 9.97 Å². The third-order valence-corrected chi connectivity index (χ3v) is 5.91. The lowest BCUT2D eigenvalue weighted by Crippen LogP contribution is -2.47. The van der Waals surface area contributed by atoms with Crippen LogP contribution in [0.5, 0.6) is 5.75 Å². The summed E-state index contributed by atoms with van der Waals surface area (Å²) in [5.41, 5.74) is 4.38. The second-order valence-electron chi connectivity index (χ2n) is 8.02. The number of aromatic hydroxyl groups is 1. The van der Waals surface area contributed by atoms with Gasteiger partial charge in [0.25, 0.3) is 0 Å². The van der Waals surface area contributed by atoms with Crippen LogP contribution in [0.25, 0.3) is 0 Å². The van der Waals surface area contributed by atoms with E-state index in [0.29, 0.717) is 11.8 Å². The summed E-state index contributed by atoms with van der Waals surface area (Å²) in [4.78, 5) is 21.0. The van der Waals surface area contributed by atoms with E-state index in [-0.39, 0.29) is 5.75 Å². The number of para-hydroxylation sites is 1. The second kappa shape index (κ2) is 9.26. The lowest BCUT2D eigenvalue weighted by Gasteiger charge is -2.36. The van der Waals surface area contributed by atoms with Crippen molar-refractivity contribution in [3.8, 4) is 5.75 Å². The van der Waals surface area contributed by atoms with Crippen LogP contribution in [-0.2, 0) is 0 Å². The molecule has 1 aliphatic rings. The Morgan fingerprint density at radius 3 is 2.25 bits per heavy atom. The maximum absolute atomic E-state index is 9.55. The van der Waals surface area contributed by atoms with Gasteiger partial charge in [-0.2, -0.15) is 9.97 Å². The summed E-state index contributed by atoms with van der Waals surface area (Å²) in [5.74, 6) is 2.56. The highest BCUT2D eigenvalue weighted by atomic mass is 16.3. The Bertz CT molecular complexity index is 1100. The quantitative estimate of drug-likeness (QED) is 0.596. The molecule has 2 aromatic carbocycles. The van der Waals surface area contributed by atoms with Gasteiger partial charge >= 0.3 is 0 Å². The van der Waals surface area contributed by atoms with Crippen molar-refractivity contribution in [2.45, 2.75) is 20.8 Å². The summed E-state index contributed by atoms with van der Waals surface area (Å²) in [7, 11) is 2.05. The maximum atomic E-state index is 9.55. The Hall–Kier alpha value is -3.61. The van der Waals surface area contributed by atoms with Gasteiger partial charge in [0, 0.05) is 56.4 Å². The van der Waals surface area contributed by atoms with E-state index < -0.39 is 0 Å². The fraction of sp³-hybridized carbons (Fsp3) is 0.320. The van der Waals surface area contributed by atoms with Crippen LogP contribution < -0.4 is 14.7 Å². The molecule has 166 valence electrons. The van der Waals surface area contributed by atoms with Crippen molar-refractivity contribution in [2.24, 2.45) is 4.99 Å². The average Bonchev–Trinajstić information content (AvgIpc) is 2.81. The minimum absolute atomic E-state index is 0.287. The van der Waals surface area contributed by atoms with E-state index in [1.54, 1.807) is 18.3 Å². The van der Waals surface area contributed by atoms with E-state index in [1.165, 1.54) is 5.56 Å². The molecule has 1 aliphatic heterocycles. The van der Waals surface area contributed by atoms with Crippen LogP contribution in [0, 0.1) is 13.8 Å². The summed E-state index contributed by atoms with van der Waals surface area (Å²) in [6.45, 7) is 9.38. The summed E-state index contributed by atoms with van der Waals surface area (Å²) >= 11 is 0. The van der Waals surface area contributed by atoms with Gasteiger partial charge in [0.2, 0.25) is 5.95 Å². The Morgan fingerprint density at radius 1 is 0.938 bits per heavy atom. The van der Waals surface area contributed by atoms with Gasteiger partial charge in [0.05, 0.1) is 0 Å². The molecule has 1 N–H and O–H groups in total. The van der Waals surface area contributed by atoms with Gasteiger partial charge in [-0.3, -0.25) is 0 Å². The van der Waals surface area contributed by atoms with Crippen LogP contribution in [-0.4, -0.2) is 54.5 Å². The molecular weight excluding hydrogens is 400 g/mol. The number of aryl methyl sites for hydroxylation is 1. The Labute approximate surface area is 189 Å². The molecule has 7 heteroatoms. The molecule has 1 aromatic heterocycles. The summed E-state index contributed by atoms with van der Waals surface area (Å²) in [5, 5.41) is 9.55. The molecule has 1 saturated heterocycles. The minimum atomic E-state index is 0.287. The number of nitrogens with zero attached hydrogens (tertiary/aromatic N) is 6.